The highest BCUT2D eigenvalue weighted by Crippen LogP contribution is 2.36. The van der Waals surface area contributed by atoms with Crippen LogP contribution in [0.4, 0.5) is 11.4 Å². The molecule has 32 heavy (non-hydrogen) atoms. The van der Waals surface area contributed by atoms with E-state index in [2.05, 4.69) is 15.3 Å². The molecule has 0 unspecified atom stereocenters. The molecule has 2 amide bonds. The number of aryl methyl sites for hydroxylation is 1. The summed E-state index contributed by atoms with van der Waals surface area (Å²) in [6, 6.07) is 7.36. The van der Waals surface area contributed by atoms with Gasteiger partial charge in [-0.05, 0) is 25.1 Å². The van der Waals surface area contributed by atoms with Gasteiger partial charge in [0.15, 0.2) is 0 Å². The van der Waals surface area contributed by atoms with Gasteiger partial charge in [0.1, 0.15) is 11.4 Å². The van der Waals surface area contributed by atoms with E-state index in [0.29, 0.717) is 42.0 Å². The van der Waals surface area contributed by atoms with Gasteiger partial charge < -0.3 is 25.4 Å². The number of methoxy groups -OCH3 is 1. The van der Waals surface area contributed by atoms with E-state index < -0.39 is 5.91 Å². The van der Waals surface area contributed by atoms with Crippen molar-refractivity contribution in [3.63, 3.8) is 0 Å². The van der Waals surface area contributed by atoms with Crippen LogP contribution in [0.3, 0.4) is 0 Å². The summed E-state index contributed by atoms with van der Waals surface area (Å²) < 4.78 is 10.7. The first kappa shape index (κ1) is 21.5. The zero-order valence-corrected chi connectivity index (χ0v) is 18.3. The Balaban J connectivity index is 1.85. The monoisotopic (exact) mass is 435 g/mol. The number of nitrogens with zero attached hydrogens (tertiary/aromatic N) is 3. The van der Waals surface area contributed by atoms with E-state index in [1.165, 1.54) is 11.1 Å². The second-order valence-corrected chi connectivity index (χ2v) is 7.63. The van der Waals surface area contributed by atoms with Gasteiger partial charge in [0, 0.05) is 50.0 Å². The van der Waals surface area contributed by atoms with Crippen molar-refractivity contribution >= 4 is 34.1 Å². The number of carbonyl (C=O) groups is 2. The van der Waals surface area contributed by atoms with Gasteiger partial charge in [-0.2, -0.15) is 0 Å². The summed E-state index contributed by atoms with van der Waals surface area (Å²) in [4.78, 5) is 35.6. The third kappa shape index (κ3) is 3.94. The van der Waals surface area contributed by atoms with E-state index in [1.807, 2.05) is 18.2 Å². The molecule has 1 aromatic carbocycles. The van der Waals surface area contributed by atoms with Crippen LogP contribution in [0.1, 0.15) is 32.1 Å². The number of hydrogen-bond donors (Lipinski definition) is 2. The molecule has 166 valence electrons. The van der Waals surface area contributed by atoms with Gasteiger partial charge >= 0.3 is 0 Å². The van der Waals surface area contributed by atoms with E-state index in [-0.39, 0.29) is 17.2 Å². The van der Waals surface area contributed by atoms with Crippen LogP contribution in [-0.4, -0.2) is 60.6 Å². The number of rotatable bonds is 7. The number of anilines is 2. The summed E-state index contributed by atoms with van der Waals surface area (Å²) in [5.74, 6) is -0.0655. The van der Waals surface area contributed by atoms with Crippen molar-refractivity contribution in [3.05, 3.63) is 53.0 Å². The number of nitrogens with two attached hydrogens (primary N) is 1. The van der Waals surface area contributed by atoms with Crippen LogP contribution >= 0.6 is 0 Å². The summed E-state index contributed by atoms with van der Waals surface area (Å²) in [6.45, 7) is 3.22. The van der Waals surface area contributed by atoms with E-state index >= 15 is 0 Å². The molecule has 9 heteroatoms. The predicted molar refractivity (Wildman–Crippen MR) is 121 cm³/mol. The Morgan fingerprint density at radius 2 is 2.16 bits per heavy atom. The van der Waals surface area contributed by atoms with Crippen molar-refractivity contribution in [1.82, 2.24) is 14.9 Å². The molecule has 0 saturated carbocycles. The van der Waals surface area contributed by atoms with Crippen LogP contribution in [0.25, 0.3) is 10.9 Å². The van der Waals surface area contributed by atoms with Gasteiger partial charge in [0.2, 0.25) is 0 Å². The fraction of sp³-hybridized carbons (Fsp3) is 0.304. The van der Waals surface area contributed by atoms with Crippen LogP contribution in [0.5, 0.6) is 5.75 Å². The first-order valence-corrected chi connectivity index (χ1v) is 10.3. The molecule has 4 rings (SSSR count). The van der Waals surface area contributed by atoms with Crippen LogP contribution in [-0.2, 0) is 11.2 Å². The topological polar surface area (TPSA) is 120 Å². The number of amides is 2. The molecule has 3 N–H and O–H groups in total. The average molecular weight is 435 g/mol. The number of fused-ring (bicyclic) bond motifs is 2. The smallest absolute Gasteiger partial charge is 0.272 e. The number of benzene rings is 1. The van der Waals surface area contributed by atoms with Crippen molar-refractivity contribution in [2.45, 2.75) is 13.3 Å². The number of likely N-dealkylation sites (N-methyl/N-ethyl adjacent to an activating group) is 1. The van der Waals surface area contributed by atoms with Crippen LogP contribution in [0, 0.1) is 6.92 Å². The van der Waals surface area contributed by atoms with Crippen LogP contribution < -0.4 is 15.8 Å². The number of pyridine rings is 2. The number of hydrogen-bond acceptors (Lipinski definition) is 7. The number of primary amides is 1. The molecule has 0 saturated heterocycles. The van der Waals surface area contributed by atoms with Gasteiger partial charge in [-0.3, -0.25) is 14.6 Å². The minimum atomic E-state index is -0.620. The lowest BCUT2D eigenvalue weighted by molar-refractivity contribution is 0.0738. The Labute approximate surface area is 185 Å². The maximum Gasteiger partial charge on any atom is 0.272 e. The van der Waals surface area contributed by atoms with Crippen molar-refractivity contribution in [1.29, 1.82) is 0 Å². The van der Waals surface area contributed by atoms with E-state index in [4.69, 9.17) is 15.2 Å². The SMILES string of the molecule is COCCN(C)C(=O)c1cc2c(Nc3cccc4c3CCO4)c(C(N)=O)cnc2c(C)n1. The van der Waals surface area contributed by atoms with E-state index in [1.54, 1.807) is 27.1 Å². The lowest BCUT2D eigenvalue weighted by atomic mass is 10.0. The molecule has 0 atom stereocenters. The molecule has 1 aliphatic heterocycles. The Hall–Kier alpha value is -3.72. The fourth-order valence-corrected chi connectivity index (χ4v) is 3.79. The Bertz CT molecular complexity index is 1210. The lowest BCUT2D eigenvalue weighted by Crippen LogP contribution is -2.30. The molecule has 0 spiro atoms. The molecule has 0 aliphatic carbocycles. The summed E-state index contributed by atoms with van der Waals surface area (Å²) in [5, 5.41) is 3.95. The number of aromatic nitrogens is 2. The standard InChI is InChI=1S/C23H25N5O4/c1-13-20-15(11-18(26-13)23(30)28(2)8-10-31-3)21(16(12-25-20)22(24)29)27-17-5-4-6-19-14(17)7-9-32-19/h4-6,11-12H,7-10H2,1-3H3,(H2,24,29)(H,25,27). The largest absolute Gasteiger partial charge is 0.493 e. The molecule has 3 aromatic rings. The molecule has 0 radical (unpaired) electrons. The fourth-order valence-electron chi connectivity index (χ4n) is 3.79. The number of carbonyl (C=O) groups excluding carboxylic acids is 2. The summed E-state index contributed by atoms with van der Waals surface area (Å²) >= 11 is 0. The first-order valence-electron chi connectivity index (χ1n) is 10.3. The second-order valence-electron chi connectivity index (χ2n) is 7.63. The van der Waals surface area contributed by atoms with Gasteiger partial charge in [-0.15, -0.1) is 0 Å². The Morgan fingerprint density at radius 3 is 2.91 bits per heavy atom. The molecular formula is C23H25N5O4. The van der Waals surface area contributed by atoms with Crippen LogP contribution in [0.15, 0.2) is 30.5 Å². The van der Waals surface area contributed by atoms with Gasteiger partial charge in [-0.1, -0.05) is 6.07 Å². The molecule has 2 aromatic heterocycles. The minimum Gasteiger partial charge on any atom is -0.493 e. The molecule has 1 aliphatic rings. The molecule has 3 heterocycles. The number of nitrogens with one attached hydrogen (secondary N) is 1. The Kier molecular flexibility index (Phi) is 5.91. The van der Waals surface area contributed by atoms with Gasteiger partial charge in [0.05, 0.1) is 35.7 Å². The summed E-state index contributed by atoms with van der Waals surface area (Å²) in [7, 11) is 3.27. The molecular weight excluding hydrogens is 410 g/mol. The van der Waals surface area contributed by atoms with Gasteiger partial charge in [0.25, 0.3) is 11.8 Å². The third-order valence-electron chi connectivity index (χ3n) is 5.49. The maximum absolute atomic E-state index is 12.9. The highest BCUT2D eigenvalue weighted by molar-refractivity contribution is 6.09. The van der Waals surface area contributed by atoms with Crippen molar-refractivity contribution in [3.8, 4) is 5.75 Å². The average Bonchev–Trinajstić information content (AvgIpc) is 3.27. The van der Waals surface area contributed by atoms with Crippen molar-refractivity contribution < 1.29 is 19.1 Å². The van der Waals surface area contributed by atoms with Crippen molar-refractivity contribution in [2.24, 2.45) is 5.73 Å². The van der Waals surface area contributed by atoms with E-state index in [0.717, 1.165) is 23.4 Å². The van der Waals surface area contributed by atoms with Crippen LogP contribution in [0.2, 0.25) is 0 Å². The normalized spacial score (nSPS) is 12.3. The third-order valence-corrected chi connectivity index (χ3v) is 5.49. The number of ether oxygens (including phenoxy) is 2. The Morgan fingerprint density at radius 1 is 1.34 bits per heavy atom. The highest BCUT2D eigenvalue weighted by Gasteiger charge is 2.22. The molecule has 9 nitrogen and oxygen atoms in total. The minimum absolute atomic E-state index is 0.228. The molecule has 0 bridgehead atoms. The quantitative estimate of drug-likeness (QED) is 0.585. The lowest BCUT2D eigenvalue weighted by Gasteiger charge is -2.19. The predicted octanol–water partition coefficient (Wildman–Crippen LogP) is 2.43. The van der Waals surface area contributed by atoms with E-state index in [9.17, 15) is 9.59 Å². The highest BCUT2D eigenvalue weighted by atomic mass is 16.5. The maximum atomic E-state index is 12.9. The second kappa shape index (κ2) is 8.80. The summed E-state index contributed by atoms with van der Waals surface area (Å²) in [6.07, 6.45) is 2.19. The first-order chi connectivity index (χ1) is 15.4. The van der Waals surface area contributed by atoms with Gasteiger partial charge in [-0.25, -0.2) is 4.98 Å². The zero-order valence-electron chi connectivity index (χ0n) is 18.3. The zero-order chi connectivity index (χ0) is 22.8. The van der Waals surface area contributed by atoms with Crippen molar-refractivity contribution in [2.75, 3.05) is 39.2 Å². The summed E-state index contributed by atoms with van der Waals surface area (Å²) in [5.41, 5.74) is 9.62. The molecule has 0 fully saturated rings.